The summed E-state index contributed by atoms with van der Waals surface area (Å²) in [7, 11) is 0. The predicted molar refractivity (Wildman–Crippen MR) is 97.3 cm³/mol. The zero-order valence-corrected chi connectivity index (χ0v) is 15.2. The number of esters is 1. The molecule has 134 valence electrons. The number of thiophene rings is 1. The van der Waals surface area contributed by atoms with Gasteiger partial charge < -0.3 is 4.74 Å². The molecule has 7 nitrogen and oxygen atoms in total. The van der Waals surface area contributed by atoms with Crippen LogP contribution in [0.2, 0.25) is 0 Å². The number of carbonyl (C=O) groups excluding carboxylic acids is 1. The van der Waals surface area contributed by atoms with Gasteiger partial charge >= 0.3 is 11.0 Å². The van der Waals surface area contributed by atoms with Gasteiger partial charge in [-0.2, -0.15) is 5.10 Å². The number of benzene rings is 1. The maximum absolute atomic E-state index is 12.5. The van der Waals surface area contributed by atoms with Crippen LogP contribution in [-0.2, 0) is 17.9 Å². The number of rotatable bonds is 6. The van der Waals surface area contributed by atoms with Crippen LogP contribution in [0, 0.1) is 24.0 Å². The highest BCUT2D eigenvalue weighted by atomic mass is 32.1. The van der Waals surface area contributed by atoms with Crippen LogP contribution >= 0.6 is 11.3 Å². The summed E-state index contributed by atoms with van der Waals surface area (Å²) < 4.78 is 7.10. The van der Waals surface area contributed by atoms with Crippen LogP contribution in [0.5, 0.6) is 0 Å². The van der Waals surface area contributed by atoms with Gasteiger partial charge in [0.25, 0.3) is 0 Å². The molecule has 8 heteroatoms. The summed E-state index contributed by atoms with van der Waals surface area (Å²) in [5.41, 5.74) is 3.45. The van der Waals surface area contributed by atoms with Gasteiger partial charge in [-0.25, -0.2) is 4.79 Å². The number of nitrogens with zero attached hydrogens (tertiary/aromatic N) is 3. The Kier molecular flexibility index (Phi) is 5.13. The first kappa shape index (κ1) is 17.8. The lowest BCUT2D eigenvalue weighted by molar-refractivity contribution is -0.380. The van der Waals surface area contributed by atoms with Crippen LogP contribution in [-0.4, -0.2) is 20.7 Å². The Balaban J connectivity index is 1.71. The fourth-order valence-electron chi connectivity index (χ4n) is 2.66. The number of ether oxygens (including phenoxy) is 1. The van der Waals surface area contributed by atoms with Crippen LogP contribution in [0.15, 0.2) is 41.8 Å². The van der Waals surface area contributed by atoms with Crippen LogP contribution < -0.4 is 0 Å². The number of aromatic nitrogens is 2. The Bertz CT molecular complexity index is 947. The molecule has 2 heterocycles. The fraction of sp³-hybridized carbons (Fsp3) is 0.222. The summed E-state index contributed by atoms with van der Waals surface area (Å²) in [6.45, 7) is 4.15. The average Bonchev–Trinajstić information content (AvgIpc) is 3.19. The number of hydrogen-bond donors (Lipinski definition) is 0. The summed E-state index contributed by atoms with van der Waals surface area (Å²) in [5, 5.41) is 16.8. The Morgan fingerprint density at radius 1 is 1.27 bits per heavy atom. The molecule has 0 radical (unpaired) electrons. The van der Waals surface area contributed by atoms with E-state index in [4.69, 9.17) is 4.74 Å². The van der Waals surface area contributed by atoms with Crippen molar-refractivity contribution in [3.8, 4) is 0 Å². The van der Waals surface area contributed by atoms with Crippen LogP contribution in [0.3, 0.4) is 0 Å². The highest BCUT2D eigenvalue weighted by Gasteiger charge is 2.21. The zero-order chi connectivity index (χ0) is 18.7. The lowest BCUT2D eigenvalue weighted by Crippen LogP contribution is -2.09. The summed E-state index contributed by atoms with van der Waals surface area (Å²) in [6.07, 6.45) is 0. The SMILES string of the molecule is Cc1nn(Cc2ccccc2)c(C)c1C(=O)OCc1csc([N+](=O)[O-])c1. The Morgan fingerprint density at radius 3 is 2.65 bits per heavy atom. The lowest BCUT2D eigenvalue weighted by atomic mass is 10.2. The van der Waals surface area contributed by atoms with E-state index < -0.39 is 10.9 Å². The quantitative estimate of drug-likeness (QED) is 0.373. The summed E-state index contributed by atoms with van der Waals surface area (Å²) >= 11 is 1.01. The monoisotopic (exact) mass is 371 g/mol. The van der Waals surface area contributed by atoms with Crippen molar-refractivity contribution in [2.45, 2.75) is 27.0 Å². The van der Waals surface area contributed by atoms with E-state index >= 15 is 0 Å². The van der Waals surface area contributed by atoms with Gasteiger partial charge in [0, 0.05) is 17.0 Å². The second-order valence-corrected chi connectivity index (χ2v) is 6.71. The van der Waals surface area contributed by atoms with Gasteiger partial charge in [-0.05, 0) is 19.4 Å². The molecule has 3 aromatic rings. The van der Waals surface area contributed by atoms with E-state index in [0.717, 1.165) is 22.6 Å². The Hall–Kier alpha value is -3.00. The standard InChI is InChI=1S/C18H17N3O4S/c1-12-17(13(2)20(19-12)9-14-6-4-3-5-7-14)18(22)25-10-15-8-16(21(23)24)26-11-15/h3-8,11H,9-10H2,1-2H3. The molecule has 0 aliphatic rings. The lowest BCUT2D eigenvalue weighted by Gasteiger charge is -2.06. The van der Waals surface area contributed by atoms with Crippen molar-refractivity contribution in [2.75, 3.05) is 0 Å². The third-order valence-electron chi connectivity index (χ3n) is 3.95. The third-order valence-corrected chi connectivity index (χ3v) is 4.88. The maximum atomic E-state index is 12.5. The fourth-order valence-corrected chi connectivity index (χ4v) is 3.37. The number of carbonyl (C=O) groups is 1. The van der Waals surface area contributed by atoms with Crippen LogP contribution in [0.1, 0.15) is 32.9 Å². The van der Waals surface area contributed by atoms with Crippen molar-refractivity contribution < 1.29 is 14.5 Å². The van der Waals surface area contributed by atoms with Crippen molar-refractivity contribution in [2.24, 2.45) is 0 Å². The van der Waals surface area contributed by atoms with Gasteiger partial charge in [0.2, 0.25) is 0 Å². The second kappa shape index (κ2) is 7.49. The molecule has 0 spiro atoms. The molecule has 1 aromatic carbocycles. The van der Waals surface area contributed by atoms with Crippen LogP contribution in [0.25, 0.3) is 0 Å². The van der Waals surface area contributed by atoms with Gasteiger partial charge in [0.1, 0.15) is 12.2 Å². The van der Waals surface area contributed by atoms with Crippen molar-refractivity contribution in [3.63, 3.8) is 0 Å². The van der Waals surface area contributed by atoms with Crippen LogP contribution in [0.4, 0.5) is 5.00 Å². The topological polar surface area (TPSA) is 87.3 Å². The molecule has 2 aromatic heterocycles. The average molecular weight is 371 g/mol. The largest absolute Gasteiger partial charge is 0.457 e. The van der Waals surface area contributed by atoms with E-state index in [1.807, 2.05) is 37.3 Å². The van der Waals surface area contributed by atoms with E-state index in [1.165, 1.54) is 6.07 Å². The summed E-state index contributed by atoms with van der Waals surface area (Å²) in [6, 6.07) is 11.3. The first-order valence-electron chi connectivity index (χ1n) is 7.92. The van der Waals surface area contributed by atoms with E-state index in [0.29, 0.717) is 23.4 Å². The highest BCUT2D eigenvalue weighted by molar-refractivity contribution is 7.13. The summed E-state index contributed by atoms with van der Waals surface area (Å²) in [4.78, 5) is 22.7. The number of hydrogen-bond acceptors (Lipinski definition) is 6. The maximum Gasteiger partial charge on any atom is 0.342 e. The van der Waals surface area contributed by atoms with E-state index in [-0.39, 0.29) is 11.6 Å². The predicted octanol–water partition coefficient (Wildman–Crippen LogP) is 3.87. The van der Waals surface area contributed by atoms with Gasteiger partial charge in [-0.15, -0.1) is 0 Å². The molecule has 3 rings (SSSR count). The first-order valence-corrected chi connectivity index (χ1v) is 8.80. The molecule has 0 aliphatic carbocycles. The molecule has 0 unspecified atom stereocenters. The van der Waals surface area contributed by atoms with Gasteiger partial charge in [-0.3, -0.25) is 14.8 Å². The minimum Gasteiger partial charge on any atom is -0.457 e. The normalized spacial score (nSPS) is 10.7. The number of aryl methyl sites for hydroxylation is 1. The molecular formula is C18H17N3O4S. The summed E-state index contributed by atoms with van der Waals surface area (Å²) in [5.74, 6) is -0.479. The first-order chi connectivity index (χ1) is 12.5. The smallest absolute Gasteiger partial charge is 0.342 e. The minimum atomic E-state index is -0.479. The second-order valence-electron chi connectivity index (χ2n) is 5.82. The molecule has 0 atom stereocenters. The molecule has 0 saturated heterocycles. The van der Waals surface area contributed by atoms with E-state index in [1.54, 1.807) is 17.0 Å². The van der Waals surface area contributed by atoms with Gasteiger partial charge in [-0.1, -0.05) is 41.7 Å². The molecular weight excluding hydrogens is 354 g/mol. The third kappa shape index (κ3) is 3.80. The Labute approximate surface area is 154 Å². The van der Waals surface area contributed by atoms with Crippen molar-refractivity contribution in [1.82, 2.24) is 9.78 Å². The van der Waals surface area contributed by atoms with Crippen molar-refractivity contribution >= 4 is 22.3 Å². The Morgan fingerprint density at radius 2 is 2.00 bits per heavy atom. The number of nitro groups is 1. The van der Waals surface area contributed by atoms with Crippen molar-refractivity contribution in [3.05, 3.63) is 80.0 Å². The highest BCUT2D eigenvalue weighted by Crippen LogP contribution is 2.24. The molecule has 0 saturated carbocycles. The molecule has 0 N–H and O–H groups in total. The molecule has 0 aliphatic heterocycles. The minimum absolute atomic E-state index is 0.00802. The molecule has 0 amide bonds. The van der Waals surface area contributed by atoms with Gasteiger partial charge in [0.05, 0.1) is 22.9 Å². The molecule has 0 bridgehead atoms. The van der Waals surface area contributed by atoms with Crippen molar-refractivity contribution in [1.29, 1.82) is 0 Å². The van der Waals surface area contributed by atoms with E-state index in [9.17, 15) is 14.9 Å². The zero-order valence-electron chi connectivity index (χ0n) is 14.3. The van der Waals surface area contributed by atoms with Gasteiger partial charge in [0.15, 0.2) is 0 Å². The molecule has 0 fully saturated rings. The molecule has 26 heavy (non-hydrogen) atoms. The van der Waals surface area contributed by atoms with E-state index in [2.05, 4.69) is 5.10 Å².